The smallest absolute Gasteiger partial charge is 0.0900 e. The first-order valence-electron chi connectivity index (χ1n) is 7.93. The van der Waals surface area contributed by atoms with Crippen LogP contribution in [0.3, 0.4) is 0 Å². The van der Waals surface area contributed by atoms with Gasteiger partial charge in [-0.05, 0) is 25.3 Å². The van der Waals surface area contributed by atoms with Gasteiger partial charge in [0.25, 0.3) is 0 Å². The summed E-state index contributed by atoms with van der Waals surface area (Å²) in [6.07, 6.45) is 3.77. The Bertz CT molecular complexity index is 264. The molecule has 3 unspecified atom stereocenters. The predicted octanol–water partition coefficient (Wildman–Crippen LogP) is 2.03. The van der Waals surface area contributed by atoms with E-state index in [0.717, 1.165) is 39.3 Å². The Morgan fingerprint density at radius 2 is 1.71 bits per heavy atom. The Kier molecular flexibility index (Phi) is 11.3. The van der Waals surface area contributed by atoms with E-state index in [1.54, 1.807) is 0 Å². The molecule has 2 aliphatic rings. The summed E-state index contributed by atoms with van der Waals surface area (Å²) in [5, 5.41) is 10.1. The van der Waals surface area contributed by atoms with Crippen molar-refractivity contribution in [3.05, 3.63) is 0 Å². The summed E-state index contributed by atoms with van der Waals surface area (Å²) in [5.41, 5.74) is 0. The maximum atomic E-state index is 10.1. The van der Waals surface area contributed by atoms with Crippen LogP contribution in [0.25, 0.3) is 0 Å². The molecule has 2 rings (SSSR count). The molecule has 3 atom stereocenters. The molecule has 0 radical (unpaired) electrons. The van der Waals surface area contributed by atoms with Crippen LogP contribution in [0.1, 0.15) is 33.1 Å². The van der Waals surface area contributed by atoms with E-state index < -0.39 is 0 Å². The quantitative estimate of drug-likeness (QED) is 0.801. The average Bonchev–Trinajstić information content (AvgIpc) is 2.83. The second kappa shape index (κ2) is 11.0. The molecule has 0 aromatic heterocycles. The fraction of sp³-hybridized carbons (Fsp3) is 1.00. The lowest BCUT2D eigenvalue weighted by molar-refractivity contribution is -0.0354. The molecule has 6 heteroatoms. The number of likely N-dealkylation sites (N-methyl/N-ethyl adjacent to an activating group) is 1. The highest BCUT2D eigenvalue weighted by molar-refractivity contribution is 5.85. The van der Waals surface area contributed by atoms with E-state index in [0.29, 0.717) is 18.6 Å². The van der Waals surface area contributed by atoms with Crippen LogP contribution in [0.5, 0.6) is 0 Å². The molecule has 4 nitrogen and oxygen atoms in total. The normalized spacial score (nSPS) is 28.7. The zero-order valence-corrected chi connectivity index (χ0v) is 15.0. The maximum Gasteiger partial charge on any atom is 0.0900 e. The Morgan fingerprint density at radius 3 is 2.24 bits per heavy atom. The Morgan fingerprint density at radius 1 is 1.10 bits per heavy atom. The summed E-state index contributed by atoms with van der Waals surface area (Å²) < 4.78 is 5.87. The van der Waals surface area contributed by atoms with Gasteiger partial charge in [0.1, 0.15) is 0 Å². The van der Waals surface area contributed by atoms with Crippen molar-refractivity contribution in [1.82, 2.24) is 9.80 Å². The van der Waals surface area contributed by atoms with Gasteiger partial charge in [-0.15, -0.1) is 24.8 Å². The summed E-state index contributed by atoms with van der Waals surface area (Å²) in [5.74, 6) is 0.667. The molecule has 128 valence electrons. The molecule has 1 aliphatic heterocycles. The largest absolute Gasteiger partial charge is 0.389 e. The third-order valence-corrected chi connectivity index (χ3v) is 4.67. The number of aliphatic hydroxyl groups excluding tert-OH is 1. The number of ether oxygens (including phenoxy) is 1. The average molecular weight is 343 g/mol. The van der Waals surface area contributed by atoms with Crippen LogP contribution in [0.4, 0.5) is 0 Å². The number of nitrogens with zero attached hydrogens (tertiary/aromatic N) is 2. The molecule has 0 amide bonds. The monoisotopic (exact) mass is 342 g/mol. The first-order chi connectivity index (χ1) is 9.19. The summed E-state index contributed by atoms with van der Waals surface area (Å²) in [6, 6.07) is 0. The van der Waals surface area contributed by atoms with Crippen molar-refractivity contribution < 1.29 is 9.84 Å². The van der Waals surface area contributed by atoms with Gasteiger partial charge < -0.3 is 14.7 Å². The van der Waals surface area contributed by atoms with E-state index in [9.17, 15) is 5.11 Å². The van der Waals surface area contributed by atoms with Gasteiger partial charge in [0, 0.05) is 32.7 Å². The second-order valence-electron chi connectivity index (χ2n) is 6.17. The van der Waals surface area contributed by atoms with Gasteiger partial charge in [0.05, 0.1) is 18.8 Å². The van der Waals surface area contributed by atoms with E-state index in [4.69, 9.17) is 4.74 Å². The summed E-state index contributed by atoms with van der Waals surface area (Å²) in [6.45, 7) is 11.3. The van der Waals surface area contributed by atoms with Crippen molar-refractivity contribution in [2.75, 3.05) is 45.9 Å². The van der Waals surface area contributed by atoms with Crippen LogP contribution in [0, 0.1) is 5.92 Å². The molecule has 1 saturated heterocycles. The van der Waals surface area contributed by atoms with Crippen LogP contribution < -0.4 is 0 Å². The molecule has 0 aromatic rings. The zero-order chi connectivity index (χ0) is 13.7. The Labute approximate surface area is 142 Å². The Hall–Kier alpha value is 0.420. The standard InChI is InChI=1S/C15H30N2O2.2ClH/c1-3-16-7-9-17(10-8-16)11-14(18)12-19-15-6-4-5-13(15)2;;/h13-15,18H,3-12H2,1-2H3;2*1H. The molecule has 21 heavy (non-hydrogen) atoms. The van der Waals surface area contributed by atoms with Crippen molar-refractivity contribution in [2.24, 2.45) is 5.92 Å². The van der Waals surface area contributed by atoms with E-state index in [1.165, 1.54) is 19.3 Å². The van der Waals surface area contributed by atoms with Crippen LogP contribution >= 0.6 is 24.8 Å². The number of β-amino-alcohol motifs (C(OH)–C–C–N with tert-alkyl or cyclic N) is 1. The van der Waals surface area contributed by atoms with Gasteiger partial charge in [-0.3, -0.25) is 4.90 Å². The van der Waals surface area contributed by atoms with E-state index in [2.05, 4.69) is 23.6 Å². The second-order valence-corrected chi connectivity index (χ2v) is 6.17. The maximum absolute atomic E-state index is 10.1. The summed E-state index contributed by atoms with van der Waals surface area (Å²) >= 11 is 0. The van der Waals surface area contributed by atoms with Gasteiger partial charge in [-0.1, -0.05) is 20.3 Å². The molecule has 1 saturated carbocycles. The lowest BCUT2D eigenvalue weighted by Crippen LogP contribution is -2.49. The number of hydrogen-bond acceptors (Lipinski definition) is 4. The highest BCUT2D eigenvalue weighted by atomic mass is 35.5. The van der Waals surface area contributed by atoms with Crippen molar-refractivity contribution in [3.63, 3.8) is 0 Å². The SMILES string of the molecule is CCN1CCN(CC(O)COC2CCCC2C)CC1.Cl.Cl. The highest BCUT2D eigenvalue weighted by Crippen LogP contribution is 2.27. The van der Waals surface area contributed by atoms with E-state index >= 15 is 0 Å². The molecular formula is C15H32Cl2N2O2. The van der Waals surface area contributed by atoms with Crippen molar-refractivity contribution in [2.45, 2.75) is 45.3 Å². The van der Waals surface area contributed by atoms with Gasteiger partial charge in [-0.25, -0.2) is 0 Å². The Balaban J connectivity index is 0.00000200. The van der Waals surface area contributed by atoms with Gasteiger partial charge in [0.15, 0.2) is 0 Å². The molecule has 0 spiro atoms. The molecule has 1 heterocycles. The van der Waals surface area contributed by atoms with Crippen molar-refractivity contribution >= 4 is 24.8 Å². The molecular weight excluding hydrogens is 311 g/mol. The fourth-order valence-corrected chi connectivity index (χ4v) is 3.23. The van der Waals surface area contributed by atoms with Gasteiger partial charge in [0.2, 0.25) is 0 Å². The molecule has 0 bridgehead atoms. The number of rotatable bonds is 6. The number of hydrogen-bond donors (Lipinski definition) is 1. The third-order valence-electron chi connectivity index (χ3n) is 4.67. The summed E-state index contributed by atoms with van der Waals surface area (Å²) in [4.78, 5) is 4.82. The van der Waals surface area contributed by atoms with Crippen LogP contribution in [0.15, 0.2) is 0 Å². The minimum absolute atomic E-state index is 0. The molecule has 1 N–H and O–H groups in total. The van der Waals surface area contributed by atoms with E-state index in [-0.39, 0.29) is 30.9 Å². The van der Waals surface area contributed by atoms with E-state index in [1.807, 2.05) is 0 Å². The lowest BCUT2D eigenvalue weighted by atomic mass is 10.1. The fourth-order valence-electron chi connectivity index (χ4n) is 3.23. The first kappa shape index (κ1) is 21.4. The zero-order valence-electron chi connectivity index (χ0n) is 13.4. The lowest BCUT2D eigenvalue weighted by Gasteiger charge is -2.35. The molecule has 0 aromatic carbocycles. The van der Waals surface area contributed by atoms with Crippen molar-refractivity contribution in [1.29, 1.82) is 0 Å². The summed E-state index contributed by atoms with van der Waals surface area (Å²) in [7, 11) is 0. The van der Waals surface area contributed by atoms with Crippen molar-refractivity contribution in [3.8, 4) is 0 Å². The predicted molar refractivity (Wildman–Crippen MR) is 91.8 cm³/mol. The number of piperazine rings is 1. The molecule has 2 fully saturated rings. The first-order valence-corrected chi connectivity index (χ1v) is 7.93. The minimum Gasteiger partial charge on any atom is -0.389 e. The highest BCUT2D eigenvalue weighted by Gasteiger charge is 2.25. The van der Waals surface area contributed by atoms with Crippen LogP contribution in [-0.4, -0.2) is 73.0 Å². The molecule has 1 aliphatic carbocycles. The van der Waals surface area contributed by atoms with Crippen LogP contribution in [0.2, 0.25) is 0 Å². The van der Waals surface area contributed by atoms with Gasteiger partial charge in [-0.2, -0.15) is 0 Å². The third kappa shape index (κ3) is 7.02. The minimum atomic E-state index is -0.332. The number of aliphatic hydroxyl groups is 1. The topological polar surface area (TPSA) is 35.9 Å². The number of halogens is 2. The van der Waals surface area contributed by atoms with Crippen LogP contribution in [-0.2, 0) is 4.74 Å². The van der Waals surface area contributed by atoms with Gasteiger partial charge >= 0.3 is 0 Å².